The third-order valence-electron chi connectivity index (χ3n) is 3.81. The van der Waals surface area contributed by atoms with Crippen LogP contribution in [0.25, 0.3) is 0 Å². The summed E-state index contributed by atoms with van der Waals surface area (Å²) in [6.07, 6.45) is 5.07. The molecule has 1 aromatic carbocycles. The van der Waals surface area contributed by atoms with E-state index in [4.69, 9.17) is 9.47 Å². The predicted molar refractivity (Wildman–Crippen MR) is 90.1 cm³/mol. The van der Waals surface area contributed by atoms with Crippen molar-refractivity contribution in [3.63, 3.8) is 0 Å². The molecule has 1 fully saturated rings. The van der Waals surface area contributed by atoms with Crippen LogP contribution >= 0.6 is 15.9 Å². The van der Waals surface area contributed by atoms with Crippen molar-refractivity contribution in [2.24, 2.45) is 5.92 Å². The number of hydrogen-bond donors (Lipinski definition) is 1. The maximum absolute atomic E-state index is 6.01. The van der Waals surface area contributed by atoms with E-state index in [1.54, 1.807) is 0 Å². The molecule has 0 bridgehead atoms. The number of halogens is 1. The summed E-state index contributed by atoms with van der Waals surface area (Å²) >= 11 is 3.63. The SMILES string of the molecule is CCCNCc1cc(Br)c(OCC2CCC2)c(OCC)c1. The molecule has 1 saturated carbocycles. The van der Waals surface area contributed by atoms with Crippen molar-refractivity contribution >= 4 is 15.9 Å². The van der Waals surface area contributed by atoms with Crippen molar-refractivity contribution in [2.45, 2.75) is 46.1 Å². The van der Waals surface area contributed by atoms with E-state index in [1.165, 1.54) is 24.8 Å². The molecule has 0 unspecified atom stereocenters. The van der Waals surface area contributed by atoms with Crippen molar-refractivity contribution < 1.29 is 9.47 Å². The standard InChI is InChI=1S/C17H26BrNO2/c1-3-8-19-11-14-9-15(18)17(16(10-14)20-4-2)21-12-13-6-5-7-13/h9-10,13,19H,3-8,11-12H2,1-2H3. The van der Waals surface area contributed by atoms with Gasteiger partial charge in [0.1, 0.15) is 0 Å². The summed E-state index contributed by atoms with van der Waals surface area (Å²) in [6, 6.07) is 4.22. The van der Waals surface area contributed by atoms with Crippen molar-refractivity contribution in [1.29, 1.82) is 0 Å². The van der Waals surface area contributed by atoms with Gasteiger partial charge in [-0.1, -0.05) is 13.3 Å². The number of hydrogen-bond acceptors (Lipinski definition) is 3. The van der Waals surface area contributed by atoms with Gasteiger partial charge in [0.2, 0.25) is 0 Å². The van der Waals surface area contributed by atoms with Crippen LogP contribution in [-0.2, 0) is 6.54 Å². The van der Waals surface area contributed by atoms with E-state index in [0.29, 0.717) is 6.61 Å². The highest BCUT2D eigenvalue weighted by atomic mass is 79.9. The molecular formula is C17H26BrNO2. The van der Waals surface area contributed by atoms with Gasteiger partial charge < -0.3 is 14.8 Å². The molecule has 0 heterocycles. The maximum atomic E-state index is 6.01. The molecule has 118 valence electrons. The largest absolute Gasteiger partial charge is 0.490 e. The fraction of sp³-hybridized carbons (Fsp3) is 0.647. The molecule has 0 atom stereocenters. The van der Waals surface area contributed by atoms with Crippen molar-refractivity contribution in [1.82, 2.24) is 5.32 Å². The first-order chi connectivity index (χ1) is 10.2. The lowest BCUT2D eigenvalue weighted by Crippen LogP contribution is -2.20. The Morgan fingerprint density at radius 1 is 1.24 bits per heavy atom. The van der Waals surface area contributed by atoms with Gasteiger partial charge in [0.15, 0.2) is 11.5 Å². The number of ether oxygens (including phenoxy) is 2. The van der Waals surface area contributed by atoms with Crippen molar-refractivity contribution in [3.05, 3.63) is 22.2 Å². The molecule has 2 rings (SSSR count). The summed E-state index contributed by atoms with van der Waals surface area (Å²) in [5.74, 6) is 2.42. The second-order valence-corrected chi connectivity index (χ2v) is 6.48. The molecule has 3 nitrogen and oxygen atoms in total. The van der Waals surface area contributed by atoms with E-state index < -0.39 is 0 Å². The lowest BCUT2D eigenvalue weighted by atomic mass is 9.86. The Kier molecular flexibility index (Phi) is 6.84. The molecule has 1 aliphatic rings. The molecule has 1 N–H and O–H groups in total. The summed E-state index contributed by atoms with van der Waals surface area (Å²) in [4.78, 5) is 0. The Bertz CT molecular complexity index is 447. The first-order valence-corrected chi connectivity index (χ1v) is 8.82. The van der Waals surface area contributed by atoms with Gasteiger partial charge in [0, 0.05) is 6.54 Å². The molecule has 0 amide bonds. The average molecular weight is 356 g/mol. The topological polar surface area (TPSA) is 30.5 Å². The van der Waals surface area contributed by atoms with Gasteiger partial charge in [0.25, 0.3) is 0 Å². The molecule has 0 aliphatic heterocycles. The molecule has 0 radical (unpaired) electrons. The van der Waals surface area contributed by atoms with Crippen molar-refractivity contribution in [2.75, 3.05) is 19.8 Å². The fourth-order valence-electron chi connectivity index (χ4n) is 2.40. The molecule has 1 aromatic rings. The third kappa shape index (κ3) is 4.89. The minimum atomic E-state index is 0.651. The van der Waals surface area contributed by atoms with Crippen LogP contribution in [0.3, 0.4) is 0 Å². The Morgan fingerprint density at radius 3 is 2.67 bits per heavy atom. The summed E-state index contributed by atoms with van der Waals surface area (Å²) < 4.78 is 12.8. The monoisotopic (exact) mass is 355 g/mol. The molecule has 1 aliphatic carbocycles. The van der Waals surface area contributed by atoms with E-state index in [-0.39, 0.29) is 0 Å². The van der Waals surface area contributed by atoms with Crippen LogP contribution in [0.15, 0.2) is 16.6 Å². The van der Waals surface area contributed by atoms with Crippen LogP contribution in [0, 0.1) is 5.92 Å². The Labute approximate surface area is 136 Å². The van der Waals surface area contributed by atoms with Gasteiger partial charge in [-0.2, -0.15) is 0 Å². The molecule has 0 saturated heterocycles. The summed E-state index contributed by atoms with van der Waals surface area (Å²) in [5, 5.41) is 3.42. The smallest absolute Gasteiger partial charge is 0.175 e. The zero-order chi connectivity index (χ0) is 15.1. The van der Waals surface area contributed by atoms with Crippen LogP contribution < -0.4 is 14.8 Å². The summed E-state index contributed by atoms with van der Waals surface area (Å²) in [6.45, 7) is 7.51. The molecule has 0 aromatic heterocycles. The highest BCUT2D eigenvalue weighted by Gasteiger charge is 2.20. The fourth-order valence-corrected chi connectivity index (χ4v) is 3.00. The third-order valence-corrected chi connectivity index (χ3v) is 4.40. The minimum Gasteiger partial charge on any atom is -0.490 e. The normalized spacial score (nSPS) is 14.8. The molecule has 21 heavy (non-hydrogen) atoms. The van der Waals surface area contributed by atoms with Crippen molar-refractivity contribution in [3.8, 4) is 11.5 Å². The van der Waals surface area contributed by atoms with Crippen LogP contribution in [0.5, 0.6) is 11.5 Å². The van der Waals surface area contributed by atoms with Crippen LogP contribution in [0.2, 0.25) is 0 Å². The van der Waals surface area contributed by atoms with Gasteiger partial charge in [-0.05, 0) is 72.3 Å². The lowest BCUT2D eigenvalue weighted by Gasteiger charge is -2.26. The number of benzene rings is 1. The van der Waals surface area contributed by atoms with Gasteiger partial charge in [-0.3, -0.25) is 0 Å². The summed E-state index contributed by atoms with van der Waals surface area (Å²) in [5.41, 5.74) is 1.22. The van der Waals surface area contributed by atoms with Crippen LogP contribution in [0.1, 0.15) is 45.1 Å². The first kappa shape index (κ1) is 16.6. The second kappa shape index (κ2) is 8.64. The Morgan fingerprint density at radius 2 is 2.05 bits per heavy atom. The zero-order valence-corrected chi connectivity index (χ0v) is 14.7. The number of rotatable bonds is 9. The van der Waals surface area contributed by atoms with E-state index in [1.807, 2.05) is 6.92 Å². The highest BCUT2D eigenvalue weighted by Crippen LogP contribution is 2.38. The first-order valence-electron chi connectivity index (χ1n) is 8.03. The number of nitrogens with one attached hydrogen (secondary N) is 1. The minimum absolute atomic E-state index is 0.651. The van der Waals surface area contributed by atoms with Crippen LogP contribution in [0.4, 0.5) is 0 Å². The van der Waals surface area contributed by atoms with Gasteiger partial charge in [-0.25, -0.2) is 0 Å². The molecule has 0 spiro atoms. The molecule has 4 heteroatoms. The highest BCUT2D eigenvalue weighted by molar-refractivity contribution is 9.10. The van der Waals surface area contributed by atoms with E-state index in [0.717, 1.165) is 48.0 Å². The van der Waals surface area contributed by atoms with Gasteiger partial charge >= 0.3 is 0 Å². The maximum Gasteiger partial charge on any atom is 0.175 e. The molecular weight excluding hydrogens is 330 g/mol. The quantitative estimate of drug-likeness (QED) is 0.660. The van der Waals surface area contributed by atoms with E-state index >= 15 is 0 Å². The van der Waals surface area contributed by atoms with E-state index in [2.05, 4.69) is 40.3 Å². The average Bonchev–Trinajstić information content (AvgIpc) is 2.40. The van der Waals surface area contributed by atoms with Gasteiger partial charge in [-0.15, -0.1) is 0 Å². The predicted octanol–water partition coefficient (Wildman–Crippen LogP) is 4.53. The summed E-state index contributed by atoms with van der Waals surface area (Å²) in [7, 11) is 0. The van der Waals surface area contributed by atoms with E-state index in [9.17, 15) is 0 Å². The lowest BCUT2D eigenvalue weighted by molar-refractivity contribution is 0.173. The Hall–Kier alpha value is -0.740. The Balaban J connectivity index is 2.05. The second-order valence-electron chi connectivity index (χ2n) is 5.62. The zero-order valence-electron chi connectivity index (χ0n) is 13.1. The van der Waals surface area contributed by atoms with Crippen LogP contribution in [-0.4, -0.2) is 19.8 Å². The van der Waals surface area contributed by atoms with Gasteiger partial charge in [0.05, 0.1) is 17.7 Å².